The third kappa shape index (κ3) is 2.44. The van der Waals surface area contributed by atoms with Gasteiger partial charge in [-0.15, -0.1) is 0 Å². The lowest BCUT2D eigenvalue weighted by Crippen LogP contribution is -1.84. The van der Waals surface area contributed by atoms with Crippen LogP contribution in [0, 0.1) is 12.7 Å². The monoisotopic (exact) mass is 354 g/mol. The fourth-order valence-corrected chi connectivity index (χ4v) is 2.95. The van der Waals surface area contributed by atoms with Gasteiger partial charge in [0.1, 0.15) is 10.7 Å². The molecule has 20 heavy (non-hydrogen) atoms. The van der Waals surface area contributed by atoms with Crippen LogP contribution in [0.15, 0.2) is 27.2 Å². The Balaban J connectivity index is 2.04. The number of rotatable bonds is 2. The lowest BCUT2D eigenvalue weighted by atomic mass is 10.2. The molecule has 0 bridgehead atoms. The minimum absolute atomic E-state index is 0.312. The van der Waals surface area contributed by atoms with Gasteiger partial charge in [0.05, 0.1) is 5.69 Å². The summed E-state index contributed by atoms with van der Waals surface area (Å²) >= 11 is 4.50. The average molecular weight is 355 g/mol. The number of nitrogens with two attached hydrogens (primary N) is 1. The molecule has 0 saturated heterocycles. The van der Waals surface area contributed by atoms with Gasteiger partial charge in [0.15, 0.2) is 5.13 Å². The van der Waals surface area contributed by atoms with Crippen LogP contribution in [0.2, 0.25) is 0 Å². The van der Waals surface area contributed by atoms with Gasteiger partial charge >= 0.3 is 0 Å². The molecule has 8 heteroatoms. The topological polar surface area (TPSA) is 77.8 Å². The summed E-state index contributed by atoms with van der Waals surface area (Å²) < 4.78 is 19.2. The number of halogens is 2. The van der Waals surface area contributed by atoms with E-state index in [1.165, 1.54) is 23.5 Å². The highest BCUT2D eigenvalue weighted by Gasteiger charge is 2.16. The van der Waals surface area contributed by atoms with Gasteiger partial charge in [-0.05, 0) is 25.1 Å². The molecule has 0 aliphatic heterocycles. The SMILES string of the molecule is Cc1nc(N)sc1-c1nc(-c2cc(F)cc(Br)c2)no1. The second-order valence-electron chi connectivity index (χ2n) is 4.05. The molecule has 102 valence electrons. The maximum atomic E-state index is 13.4. The van der Waals surface area contributed by atoms with Crippen LogP contribution in [0.4, 0.5) is 9.52 Å². The van der Waals surface area contributed by atoms with Crippen LogP contribution in [-0.4, -0.2) is 15.1 Å². The van der Waals surface area contributed by atoms with Crippen molar-refractivity contribution < 1.29 is 8.91 Å². The fourth-order valence-electron chi connectivity index (χ4n) is 1.73. The molecule has 0 amide bonds. The lowest BCUT2D eigenvalue weighted by Gasteiger charge is -1.96. The molecule has 0 aliphatic carbocycles. The number of thiazole rings is 1. The Morgan fingerprint density at radius 2 is 2.10 bits per heavy atom. The highest BCUT2D eigenvalue weighted by atomic mass is 79.9. The summed E-state index contributed by atoms with van der Waals surface area (Å²) in [5.74, 6) is 0.262. The van der Waals surface area contributed by atoms with Crippen LogP contribution in [0.5, 0.6) is 0 Å². The Kier molecular flexibility index (Phi) is 3.27. The summed E-state index contributed by atoms with van der Waals surface area (Å²) in [7, 11) is 0. The Hall–Kier alpha value is -1.80. The second-order valence-corrected chi connectivity index (χ2v) is 5.99. The fraction of sp³-hybridized carbons (Fsp3) is 0.0833. The zero-order valence-electron chi connectivity index (χ0n) is 10.2. The van der Waals surface area contributed by atoms with Crippen molar-refractivity contribution in [1.82, 2.24) is 15.1 Å². The summed E-state index contributed by atoms with van der Waals surface area (Å²) in [6.07, 6.45) is 0. The van der Waals surface area contributed by atoms with Crippen LogP contribution in [0.3, 0.4) is 0 Å². The molecule has 0 unspecified atom stereocenters. The molecular formula is C12H8BrFN4OS. The molecular weight excluding hydrogens is 347 g/mol. The van der Waals surface area contributed by atoms with E-state index in [1.54, 1.807) is 6.07 Å². The van der Waals surface area contributed by atoms with E-state index < -0.39 is 0 Å². The van der Waals surface area contributed by atoms with Crippen LogP contribution in [0.25, 0.3) is 22.2 Å². The standard InChI is InChI=1S/C12H8BrFN4OS/c1-5-9(20-12(15)16-5)11-17-10(18-19-11)6-2-7(13)4-8(14)3-6/h2-4H,1H3,(H2,15,16). The van der Waals surface area contributed by atoms with Crippen molar-refractivity contribution in [3.8, 4) is 22.2 Å². The van der Waals surface area contributed by atoms with E-state index in [0.29, 0.717) is 26.9 Å². The smallest absolute Gasteiger partial charge is 0.270 e. The van der Waals surface area contributed by atoms with Crippen LogP contribution >= 0.6 is 27.3 Å². The zero-order chi connectivity index (χ0) is 14.3. The molecule has 0 radical (unpaired) electrons. The van der Waals surface area contributed by atoms with Crippen molar-refractivity contribution in [3.63, 3.8) is 0 Å². The van der Waals surface area contributed by atoms with E-state index in [0.717, 1.165) is 10.6 Å². The van der Waals surface area contributed by atoms with Crippen LogP contribution < -0.4 is 5.73 Å². The van der Waals surface area contributed by atoms with Gasteiger partial charge in [0, 0.05) is 10.0 Å². The first-order valence-corrected chi connectivity index (χ1v) is 7.17. The Morgan fingerprint density at radius 1 is 1.30 bits per heavy atom. The maximum absolute atomic E-state index is 13.4. The number of nitrogens with zero attached hydrogens (tertiary/aromatic N) is 3. The van der Waals surface area contributed by atoms with E-state index in [4.69, 9.17) is 10.3 Å². The largest absolute Gasteiger partial charge is 0.375 e. The number of hydrogen-bond acceptors (Lipinski definition) is 6. The average Bonchev–Trinajstić information content (AvgIpc) is 2.94. The molecule has 3 aromatic rings. The van der Waals surface area contributed by atoms with Gasteiger partial charge in [0.2, 0.25) is 5.82 Å². The minimum Gasteiger partial charge on any atom is -0.375 e. The van der Waals surface area contributed by atoms with E-state index in [1.807, 2.05) is 6.92 Å². The van der Waals surface area contributed by atoms with Gasteiger partial charge in [0.25, 0.3) is 5.89 Å². The second kappa shape index (κ2) is 4.95. The van der Waals surface area contributed by atoms with Crippen molar-refractivity contribution in [3.05, 3.63) is 34.2 Å². The molecule has 0 aliphatic rings. The molecule has 1 aromatic carbocycles. The predicted octanol–water partition coefficient (Wildman–Crippen LogP) is 3.65. The van der Waals surface area contributed by atoms with Gasteiger partial charge in [-0.3, -0.25) is 0 Å². The zero-order valence-corrected chi connectivity index (χ0v) is 12.6. The van der Waals surface area contributed by atoms with E-state index in [2.05, 4.69) is 31.1 Å². The van der Waals surface area contributed by atoms with Gasteiger partial charge in [-0.25, -0.2) is 9.37 Å². The number of aromatic nitrogens is 3. The first kappa shape index (κ1) is 13.2. The molecule has 0 spiro atoms. The predicted molar refractivity (Wildman–Crippen MR) is 77.6 cm³/mol. The summed E-state index contributed by atoms with van der Waals surface area (Å²) in [4.78, 5) is 9.07. The maximum Gasteiger partial charge on any atom is 0.270 e. The summed E-state index contributed by atoms with van der Waals surface area (Å²) in [6, 6.07) is 4.41. The van der Waals surface area contributed by atoms with E-state index >= 15 is 0 Å². The number of anilines is 1. The van der Waals surface area contributed by atoms with Crippen molar-refractivity contribution in [2.45, 2.75) is 6.92 Å². The minimum atomic E-state index is -0.376. The van der Waals surface area contributed by atoms with E-state index in [-0.39, 0.29) is 5.82 Å². The van der Waals surface area contributed by atoms with Crippen LogP contribution in [-0.2, 0) is 0 Å². The van der Waals surface area contributed by atoms with Crippen molar-refractivity contribution in [2.24, 2.45) is 0 Å². The third-order valence-corrected chi connectivity index (χ3v) is 3.99. The Morgan fingerprint density at radius 3 is 2.75 bits per heavy atom. The Labute approximate surface area is 125 Å². The molecule has 0 saturated carbocycles. The third-order valence-electron chi connectivity index (χ3n) is 2.55. The lowest BCUT2D eigenvalue weighted by molar-refractivity contribution is 0.433. The quantitative estimate of drug-likeness (QED) is 0.759. The number of aryl methyl sites for hydroxylation is 1. The molecule has 0 atom stereocenters. The van der Waals surface area contributed by atoms with Crippen molar-refractivity contribution in [1.29, 1.82) is 0 Å². The molecule has 0 fully saturated rings. The molecule has 2 N–H and O–H groups in total. The summed E-state index contributed by atoms with van der Waals surface area (Å²) in [5, 5.41) is 4.30. The number of hydrogen-bond donors (Lipinski definition) is 1. The van der Waals surface area contributed by atoms with E-state index in [9.17, 15) is 4.39 Å². The number of nitrogen functional groups attached to an aromatic ring is 1. The van der Waals surface area contributed by atoms with Gasteiger partial charge in [-0.1, -0.05) is 32.4 Å². The van der Waals surface area contributed by atoms with Crippen molar-refractivity contribution >= 4 is 32.4 Å². The summed E-state index contributed by atoms with van der Waals surface area (Å²) in [6.45, 7) is 1.81. The molecule has 5 nitrogen and oxygen atoms in total. The highest BCUT2D eigenvalue weighted by Crippen LogP contribution is 2.31. The van der Waals surface area contributed by atoms with Crippen LogP contribution in [0.1, 0.15) is 5.69 Å². The first-order chi connectivity index (χ1) is 9.52. The molecule has 2 aromatic heterocycles. The highest BCUT2D eigenvalue weighted by molar-refractivity contribution is 9.10. The molecule has 2 heterocycles. The normalized spacial score (nSPS) is 10.9. The summed E-state index contributed by atoms with van der Waals surface area (Å²) in [5.41, 5.74) is 6.89. The Bertz CT molecular complexity index is 765. The number of benzene rings is 1. The van der Waals surface area contributed by atoms with Gasteiger partial charge < -0.3 is 10.3 Å². The van der Waals surface area contributed by atoms with Crippen molar-refractivity contribution in [2.75, 3.05) is 5.73 Å². The van der Waals surface area contributed by atoms with Gasteiger partial charge in [-0.2, -0.15) is 4.98 Å². The molecule has 3 rings (SSSR count). The first-order valence-electron chi connectivity index (χ1n) is 5.56.